The van der Waals surface area contributed by atoms with Crippen LogP contribution in [0.25, 0.3) is 0 Å². The summed E-state index contributed by atoms with van der Waals surface area (Å²) in [6.07, 6.45) is -0.0610. The number of anilines is 1. The van der Waals surface area contributed by atoms with E-state index in [0.717, 1.165) is 4.31 Å². The van der Waals surface area contributed by atoms with Gasteiger partial charge >= 0.3 is 0 Å². The van der Waals surface area contributed by atoms with Crippen molar-refractivity contribution in [3.05, 3.63) is 28.8 Å². The van der Waals surface area contributed by atoms with Gasteiger partial charge in [0.15, 0.2) is 0 Å². The van der Waals surface area contributed by atoms with E-state index in [1.807, 2.05) is 20.8 Å². The monoisotopic (exact) mass is 344 g/mol. The third kappa shape index (κ3) is 3.41. The molecule has 1 N–H and O–H groups in total. The van der Waals surface area contributed by atoms with Crippen molar-refractivity contribution in [3.63, 3.8) is 0 Å². The van der Waals surface area contributed by atoms with Crippen LogP contribution in [-0.2, 0) is 14.8 Å². The molecule has 1 saturated heterocycles. The molecule has 120 valence electrons. The largest absolute Gasteiger partial charge is 0.347 e. The number of amides is 2. The minimum atomic E-state index is -3.67. The minimum Gasteiger partial charge on any atom is -0.347 e. The van der Waals surface area contributed by atoms with E-state index in [9.17, 15) is 18.0 Å². The average molecular weight is 345 g/mol. The van der Waals surface area contributed by atoms with Gasteiger partial charge in [-0.15, -0.1) is 0 Å². The molecule has 0 bridgehead atoms. The molecule has 1 aliphatic rings. The van der Waals surface area contributed by atoms with Gasteiger partial charge in [0.05, 0.1) is 22.0 Å². The highest BCUT2D eigenvalue weighted by Gasteiger charge is 2.36. The number of carbonyl (C=O) groups is 2. The van der Waals surface area contributed by atoms with E-state index in [1.165, 1.54) is 18.2 Å². The summed E-state index contributed by atoms with van der Waals surface area (Å²) in [4.78, 5) is 24.0. The van der Waals surface area contributed by atoms with Crippen molar-refractivity contribution in [2.24, 2.45) is 0 Å². The zero-order chi connectivity index (χ0) is 16.7. The fraction of sp³-hybridized carbons (Fsp3) is 0.429. The third-order valence-corrected chi connectivity index (χ3v) is 5.02. The van der Waals surface area contributed by atoms with Crippen LogP contribution in [0.3, 0.4) is 0 Å². The van der Waals surface area contributed by atoms with Crippen LogP contribution in [0.5, 0.6) is 0 Å². The molecule has 1 heterocycles. The zero-order valence-electron chi connectivity index (χ0n) is 12.5. The molecule has 22 heavy (non-hydrogen) atoms. The van der Waals surface area contributed by atoms with Crippen LogP contribution in [0.4, 0.5) is 5.69 Å². The number of halogens is 1. The number of sulfonamides is 1. The van der Waals surface area contributed by atoms with Crippen molar-refractivity contribution in [2.45, 2.75) is 32.7 Å². The number of nitrogens with zero attached hydrogens (tertiary/aromatic N) is 1. The van der Waals surface area contributed by atoms with E-state index in [-0.39, 0.29) is 28.4 Å². The van der Waals surface area contributed by atoms with Gasteiger partial charge in [0.1, 0.15) is 0 Å². The maximum absolute atomic E-state index is 12.2. The fourth-order valence-electron chi connectivity index (χ4n) is 2.09. The highest BCUT2D eigenvalue weighted by atomic mass is 35.5. The Morgan fingerprint density at radius 2 is 1.95 bits per heavy atom. The molecule has 0 unspecified atom stereocenters. The van der Waals surface area contributed by atoms with Gasteiger partial charge in [-0.05, 0) is 39.0 Å². The number of nitrogens with one attached hydrogen (secondary N) is 1. The standard InChI is InChI=1S/C14H17ClN2O4S/c1-14(2,3)16-13(19)10-8-9(4-5-11(10)15)17-12(18)6-7-22(17,20)21/h4-5,8H,6-7H2,1-3H3,(H,16,19). The molecule has 0 atom stereocenters. The van der Waals surface area contributed by atoms with Crippen molar-refractivity contribution in [2.75, 3.05) is 10.1 Å². The van der Waals surface area contributed by atoms with E-state index in [2.05, 4.69) is 5.32 Å². The minimum absolute atomic E-state index is 0.0610. The number of carbonyl (C=O) groups excluding carboxylic acids is 2. The van der Waals surface area contributed by atoms with Crippen LogP contribution in [-0.4, -0.2) is 31.5 Å². The smallest absolute Gasteiger partial charge is 0.253 e. The normalized spacial score (nSPS) is 17.6. The molecule has 2 amide bonds. The quantitative estimate of drug-likeness (QED) is 0.888. The van der Waals surface area contributed by atoms with Gasteiger partial charge in [0.2, 0.25) is 15.9 Å². The van der Waals surface area contributed by atoms with Gasteiger partial charge in [0, 0.05) is 12.0 Å². The third-order valence-electron chi connectivity index (χ3n) is 3.00. The molecule has 0 aliphatic carbocycles. The average Bonchev–Trinajstić information content (AvgIpc) is 2.62. The van der Waals surface area contributed by atoms with Crippen LogP contribution in [0.15, 0.2) is 18.2 Å². The van der Waals surface area contributed by atoms with Crippen molar-refractivity contribution in [1.82, 2.24) is 5.32 Å². The highest BCUT2D eigenvalue weighted by Crippen LogP contribution is 2.29. The molecule has 1 aromatic rings. The van der Waals surface area contributed by atoms with E-state index in [0.29, 0.717) is 0 Å². The molecule has 0 radical (unpaired) electrons. The number of hydrogen-bond donors (Lipinski definition) is 1. The Kier molecular flexibility index (Phi) is 4.23. The van der Waals surface area contributed by atoms with Gasteiger partial charge < -0.3 is 5.32 Å². The molecule has 2 rings (SSSR count). The van der Waals surface area contributed by atoms with Crippen LogP contribution in [0.2, 0.25) is 5.02 Å². The van der Waals surface area contributed by atoms with Crippen LogP contribution in [0, 0.1) is 0 Å². The summed E-state index contributed by atoms with van der Waals surface area (Å²) in [5.74, 6) is -1.16. The van der Waals surface area contributed by atoms with Crippen LogP contribution >= 0.6 is 11.6 Å². The summed E-state index contributed by atoms with van der Waals surface area (Å²) in [5, 5.41) is 2.94. The highest BCUT2D eigenvalue weighted by molar-refractivity contribution is 7.94. The SMILES string of the molecule is CC(C)(C)NC(=O)c1cc(N2C(=O)CCS2(=O)=O)ccc1Cl. The summed E-state index contributed by atoms with van der Waals surface area (Å²) in [7, 11) is -3.67. The van der Waals surface area contributed by atoms with Gasteiger partial charge in [-0.25, -0.2) is 12.7 Å². The Balaban J connectivity index is 2.43. The number of hydrogen-bond acceptors (Lipinski definition) is 4. The van der Waals surface area contributed by atoms with Gasteiger partial charge in [-0.1, -0.05) is 11.6 Å². The van der Waals surface area contributed by atoms with Gasteiger partial charge in [0.25, 0.3) is 5.91 Å². The molecule has 0 spiro atoms. The zero-order valence-corrected chi connectivity index (χ0v) is 14.1. The van der Waals surface area contributed by atoms with E-state index in [1.54, 1.807) is 0 Å². The summed E-state index contributed by atoms with van der Waals surface area (Å²) >= 11 is 6.02. The number of rotatable bonds is 2. The van der Waals surface area contributed by atoms with Crippen LogP contribution in [0.1, 0.15) is 37.6 Å². The van der Waals surface area contributed by atoms with E-state index < -0.39 is 27.4 Å². The van der Waals surface area contributed by atoms with Crippen molar-refractivity contribution < 1.29 is 18.0 Å². The lowest BCUT2D eigenvalue weighted by atomic mass is 10.1. The molecule has 1 aliphatic heterocycles. The second kappa shape index (κ2) is 5.55. The summed E-state index contributed by atoms with van der Waals surface area (Å²) in [6, 6.07) is 4.15. The van der Waals surface area contributed by atoms with E-state index in [4.69, 9.17) is 11.6 Å². The molecule has 1 aromatic carbocycles. The second-order valence-corrected chi connectivity index (χ2v) is 8.44. The summed E-state index contributed by atoms with van der Waals surface area (Å²) in [6.45, 7) is 5.45. The molecule has 0 saturated carbocycles. The van der Waals surface area contributed by atoms with Gasteiger partial charge in [-0.3, -0.25) is 9.59 Å². The molecule has 6 nitrogen and oxygen atoms in total. The van der Waals surface area contributed by atoms with Crippen molar-refractivity contribution in [3.8, 4) is 0 Å². The second-order valence-electron chi connectivity index (χ2n) is 6.09. The predicted octanol–water partition coefficient (Wildman–Crippen LogP) is 1.93. The predicted molar refractivity (Wildman–Crippen MR) is 84.6 cm³/mol. The Hall–Kier alpha value is -1.60. The Bertz CT molecular complexity index is 738. The lowest BCUT2D eigenvalue weighted by Gasteiger charge is -2.22. The molecular formula is C14H17ClN2O4S. The first kappa shape index (κ1) is 16.8. The van der Waals surface area contributed by atoms with Crippen molar-refractivity contribution in [1.29, 1.82) is 0 Å². The topological polar surface area (TPSA) is 83.6 Å². The number of benzene rings is 1. The molecule has 8 heteroatoms. The maximum Gasteiger partial charge on any atom is 0.253 e. The van der Waals surface area contributed by atoms with E-state index >= 15 is 0 Å². The lowest BCUT2D eigenvalue weighted by Crippen LogP contribution is -2.40. The molecular weight excluding hydrogens is 328 g/mol. The molecule has 0 aromatic heterocycles. The first-order chi connectivity index (χ1) is 10.0. The summed E-state index contributed by atoms with van der Waals surface area (Å²) in [5.41, 5.74) is -0.207. The Morgan fingerprint density at radius 1 is 1.32 bits per heavy atom. The summed E-state index contributed by atoms with van der Waals surface area (Å²) < 4.78 is 24.6. The first-order valence-electron chi connectivity index (χ1n) is 6.69. The maximum atomic E-state index is 12.2. The Labute approximate surface area is 134 Å². The van der Waals surface area contributed by atoms with Crippen LogP contribution < -0.4 is 9.62 Å². The lowest BCUT2D eigenvalue weighted by molar-refractivity contribution is -0.116. The fourth-order valence-corrected chi connectivity index (χ4v) is 3.75. The first-order valence-corrected chi connectivity index (χ1v) is 8.68. The molecule has 1 fully saturated rings. The van der Waals surface area contributed by atoms with Gasteiger partial charge in [-0.2, -0.15) is 0 Å². The Morgan fingerprint density at radius 3 is 2.45 bits per heavy atom. The van der Waals surface area contributed by atoms with Crippen molar-refractivity contribution >= 4 is 39.1 Å².